The van der Waals surface area contributed by atoms with E-state index in [9.17, 15) is 4.39 Å². The van der Waals surface area contributed by atoms with E-state index in [0.29, 0.717) is 10.8 Å². The first-order valence-corrected chi connectivity index (χ1v) is 10.2. The van der Waals surface area contributed by atoms with Crippen molar-refractivity contribution in [3.63, 3.8) is 0 Å². The van der Waals surface area contributed by atoms with Crippen molar-refractivity contribution >= 4 is 44.9 Å². The van der Waals surface area contributed by atoms with Crippen molar-refractivity contribution in [2.45, 2.75) is 17.7 Å². The van der Waals surface area contributed by atoms with Crippen LogP contribution in [0, 0.1) is 12.7 Å². The average molecular weight is 401 g/mol. The van der Waals surface area contributed by atoms with E-state index >= 15 is 0 Å². The van der Waals surface area contributed by atoms with Gasteiger partial charge in [0.15, 0.2) is 0 Å². The predicted octanol–water partition coefficient (Wildman–Crippen LogP) is 6.75. The van der Waals surface area contributed by atoms with Crippen molar-refractivity contribution in [3.05, 3.63) is 76.1 Å². The van der Waals surface area contributed by atoms with Crippen LogP contribution in [-0.4, -0.2) is 9.97 Å². The molecule has 0 N–H and O–H groups in total. The van der Waals surface area contributed by atoms with Crippen molar-refractivity contribution in [2.75, 3.05) is 0 Å². The highest BCUT2D eigenvalue weighted by atomic mass is 35.5. The molecule has 0 amide bonds. The number of thioether (sulfide) groups is 1. The van der Waals surface area contributed by atoms with Crippen molar-refractivity contribution in [2.24, 2.45) is 0 Å². The van der Waals surface area contributed by atoms with Gasteiger partial charge in [-0.15, -0.1) is 23.1 Å². The molecule has 6 heteroatoms. The summed E-state index contributed by atoms with van der Waals surface area (Å²) in [4.78, 5) is 10.2. The number of benzene rings is 2. The molecule has 0 radical (unpaired) electrons. The molecule has 4 rings (SSSR count). The third-order valence-corrected chi connectivity index (χ3v) is 6.10. The summed E-state index contributed by atoms with van der Waals surface area (Å²) >= 11 is 9.23. The normalized spacial score (nSPS) is 11.2. The number of halogens is 2. The summed E-state index contributed by atoms with van der Waals surface area (Å²) in [6.07, 6.45) is 0. The minimum Gasteiger partial charge on any atom is -0.226 e. The molecule has 0 atom stereocenters. The van der Waals surface area contributed by atoms with Gasteiger partial charge in [0.1, 0.15) is 21.5 Å². The molecule has 0 fully saturated rings. The largest absolute Gasteiger partial charge is 0.226 e. The summed E-state index contributed by atoms with van der Waals surface area (Å²) < 4.78 is 13.4. The summed E-state index contributed by atoms with van der Waals surface area (Å²) in [6, 6.07) is 14.5. The smallest absolute Gasteiger partial charge is 0.128 e. The van der Waals surface area contributed by atoms with Gasteiger partial charge in [0, 0.05) is 21.7 Å². The van der Waals surface area contributed by atoms with Crippen molar-refractivity contribution in [3.8, 4) is 11.1 Å². The Bertz CT molecular complexity index is 1080. The fourth-order valence-electron chi connectivity index (χ4n) is 2.74. The topological polar surface area (TPSA) is 25.8 Å². The van der Waals surface area contributed by atoms with Crippen molar-refractivity contribution in [1.29, 1.82) is 0 Å². The van der Waals surface area contributed by atoms with Gasteiger partial charge in [0.25, 0.3) is 0 Å². The molecule has 2 heterocycles. The molecular weight excluding hydrogens is 387 g/mol. The zero-order valence-corrected chi connectivity index (χ0v) is 16.3. The Morgan fingerprint density at radius 3 is 2.69 bits per heavy atom. The molecule has 4 aromatic rings. The number of nitrogens with zero attached hydrogens (tertiary/aromatic N) is 2. The van der Waals surface area contributed by atoms with Crippen LogP contribution in [-0.2, 0) is 5.75 Å². The van der Waals surface area contributed by atoms with Gasteiger partial charge >= 0.3 is 0 Å². The molecule has 0 aliphatic heterocycles. The van der Waals surface area contributed by atoms with Crippen LogP contribution in [0.3, 0.4) is 0 Å². The molecule has 0 spiro atoms. The standard InChI is InChI=1S/C20H14ClFN2S2/c1-12-23-19(25-10-13-3-2-4-16(22)9-13)18-17(11-26-20(18)24-12)14-5-7-15(21)8-6-14/h2-9,11H,10H2,1H3. The Hall–Kier alpha value is -1.95. The molecule has 2 nitrogen and oxygen atoms in total. The van der Waals surface area contributed by atoms with Crippen molar-refractivity contribution in [1.82, 2.24) is 9.97 Å². The molecule has 2 aromatic heterocycles. The molecule has 26 heavy (non-hydrogen) atoms. The lowest BCUT2D eigenvalue weighted by molar-refractivity contribution is 0.626. The van der Waals surface area contributed by atoms with E-state index < -0.39 is 0 Å². The molecule has 0 aliphatic rings. The Morgan fingerprint density at radius 1 is 1.12 bits per heavy atom. The maximum atomic E-state index is 13.4. The molecule has 0 saturated heterocycles. The second kappa shape index (κ2) is 7.35. The number of aryl methyl sites for hydroxylation is 1. The number of rotatable bonds is 4. The first-order chi connectivity index (χ1) is 12.6. The van der Waals surface area contributed by atoms with Gasteiger partial charge in [-0.1, -0.05) is 35.9 Å². The average Bonchev–Trinajstić information content (AvgIpc) is 3.04. The van der Waals surface area contributed by atoms with E-state index in [1.807, 2.05) is 37.3 Å². The van der Waals surface area contributed by atoms with E-state index in [0.717, 1.165) is 37.8 Å². The van der Waals surface area contributed by atoms with Gasteiger partial charge in [-0.2, -0.15) is 0 Å². The minimum absolute atomic E-state index is 0.218. The fourth-order valence-corrected chi connectivity index (χ4v) is 4.95. The van der Waals surface area contributed by atoms with E-state index in [-0.39, 0.29) is 5.82 Å². The summed E-state index contributed by atoms with van der Waals surface area (Å²) in [5.74, 6) is 1.17. The lowest BCUT2D eigenvalue weighted by Gasteiger charge is -2.07. The van der Waals surface area contributed by atoms with Crippen LogP contribution in [0.1, 0.15) is 11.4 Å². The molecule has 2 aromatic carbocycles. The highest BCUT2D eigenvalue weighted by Crippen LogP contribution is 2.39. The molecule has 0 saturated carbocycles. The van der Waals surface area contributed by atoms with E-state index in [1.165, 1.54) is 6.07 Å². The second-order valence-corrected chi connectivity index (χ2v) is 8.09. The summed E-state index contributed by atoms with van der Waals surface area (Å²) in [5, 5.41) is 4.78. The second-order valence-electron chi connectivity index (χ2n) is 5.83. The fraction of sp³-hybridized carbons (Fsp3) is 0.100. The van der Waals surface area contributed by atoms with Gasteiger partial charge < -0.3 is 0 Å². The number of hydrogen-bond acceptors (Lipinski definition) is 4. The van der Waals surface area contributed by atoms with E-state index in [2.05, 4.69) is 15.3 Å². The molecule has 0 bridgehead atoms. The zero-order valence-electron chi connectivity index (χ0n) is 13.9. The van der Waals surface area contributed by atoms with Crippen LogP contribution < -0.4 is 0 Å². The lowest BCUT2D eigenvalue weighted by Crippen LogP contribution is -1.92. The Morgan fingerprint density at radius 2 is 1.92 bits per heavy atom. The van der Waals surface area contributed by atoms with Crippen molar-refractivity contribution < 1.29 is 4.39 Å². The van der Waals surface area contributed by atoms with Crippen LogP contribution in [0.25, 0.3) is 21.3 Å². The summed E-state index contributed by atoms with van der Waals surface area (Å²) in [7, 11) is 0. The number of thiophene rings is 1. The van der Waals surface area contributed by atoms with Gasteiger partial charge in [0.2, 0.25) is 0 Å². The van der Waals surface area contributed by atoms with Gasteiger partial charge in [-0.05, 0) is 42.3 Å². The Kier molecular flexibility index (Phi) is 4.94. The highest BCUT2D eigenvalue weighted by Gasteiger charge is 2.15. The first kappa shape index (κ1) is 17.5. The first-order valence-electron chi connectivity index (χ1n) is 7.99. The highest BCUT2D eigenvalue weighted by molar-refractivity contribution is 7.98. The monoisotopic (exact) mass is 400 g/mol. The molecule has 0 unspecified atom stereocenters. The number of aromatic nitrogens is 2. The van der Waals surface area contributed by atoms with Gasteiger partial charge in [-0.25, -0.2) is 14.4 Å². The molecule has 130 valence electrons. The maximum Gasteiger partial charge on any atom is 0.128 e. The van der Waals surface area contributed by atoms with Crippen LogP contribution >= 0.6 is 34.7 Å². The number of fused-ring (bicyclic) bond motifs is 1. The quantitative estimate of drug-likeness (QED) is 0.280. The summed E-state index contributed by atoms with van der Waals surface area (Å²) in [5.41, 5.74) is 3.12. The minimum atomic E-state index is -0.218. The Labute approximate surface area is 164 Å². The molecular formula is C20H14ClFN2S2. The summed E-state index contributed by atoms with van der Waals surface area (Å²) in [6.45, 7) is 1.90. The zero-order chi connectivity index (χ0) is 18.1. The van der Waals surface area contributed by atoms with E-state index in [1.54, 1.807) is 35.2 Å². The third-order valence-electron chi connectivity index (χ3n) is 3.93. The maximum absolute atomic E-state index is 13.4. The van der Waals surface area contributed by atoms with Gasteiger partial charge in [0.05, 0.1) is 5.39 Å². The van der Waals surface area contributed by atoms with Gasteiger partial charge in [-0.3, -0.25) is 0 Å². The Balaban J connectivity index is 1.75. The van der Waals surface area contributed by atoms with Crippen LogP contribution in [0.2, 0.25) is 5.02 Å². The third kappa shape index (κ3) is 3.61. The number of hydrogen-bond donors (Lipinski definition) is 0. The van der Waals surface area contributed by atoms with Crippen LogP contribution in [0.5, 0.6) is 0 Å². The van der Waals surface area contributed by atoms with E-state index in [4.69, 9.17) is 11.6 Å². The van der Waals surface area contributed by atoms with Crippen LogP contribution in [0.4, 0.5) is 4.39 Å². The lowest BCUT2D eigenvalue weighted by atomic mass is 10.1. The molecule has 0 aliphatic carbocycles. The SMILES string of the molecule is Cc1nc(SCc2cccc(F)c2)c2c(-c3ccc(Cl)cc3)csc2n1. The van der Waals surface area contributed by atoms with Crippen LogP contribution in [0.15, 0.2) is 58.9 Å². The predicted molar refractivity (Wildman–Crippen MR) is 109 cm³/mol.